The summed E-state index contributed by atoms with van der Waals surface area (Å²) in [4.78, 5) is 0. The molecule has 8 unspecified atom stereocenters. The Kier molecular flexibility index (Phi) is 29.3. The lowest BCUT2D eigenvalue weighted by Crippen LogP contribution is -2.15. The van der Waals surface area contributed by atoms with E-state index in [2.05, 4.69) is 48.5 Å². The van der Waals surface area contributed by atoms with Crippen molar-refractivity contribution in [2.75, 3.05) is 0 Å². The Morgan fingerprint density at radius 1 is 0.322 bits per heavy atom. The Hall–Kier alpha value is -3.52. The molecule has 0 amide bonds. The molecule has 0 aromatic heterocycles. The summed E-state index contributed by atoms with van der Waals surface area (Å²) in [7, 11) is 0. The lowest BCUT2D eigenvalue weighted by atomic mass is 9.82. The van der Waals surface area contributed by atoms with Gasteiger partial charge in [-0.2, -0.15) is 0 Å². The molecule has 4 aromatic rings. The van der Waals surface area contributed by atoms with Gasteiger partial charge in [0.25, 0.3) is 0 Å². The molecule has 2 N–H and O–H groups in total. The number of para-hydroxylation sites is 1. The van der Waals surface area contributed by atoms with Crippen molar-refractivity contribution in [1.82, 2.24) is 0 Å². The van der Waals surface area contributed by atoms with Crippen molar-refractivity contribution in [3.63, 3.8) is 0 Å². The van der Waals surface area contributed by atoms with E-state index >= 15 is 0 Å². The number of phenols is 2. The van der Waals surface area contributed by atoms with Crippen LogP contribution in [0.3, 0.4) is 0 Å². The van der Waals surface area contributed by atoms with E-state index in [9.17, 15) is 5.11 Å². The molecule has 330 valence electrons. The van der Waals surface area contributed by atoms with Crippen LogP contribution in [0.5, 0.6) is 11.5 Å². The summed E-state index contributed by atoms with van der Waals surface area (Å²) in [6, 6.07) is 37.1. The summed E-state index contributed by atoms with van der Waals surface area (Å²) < 4.78 is 0. The highest BCUT2D eigenvalue weighted by Gasteiger charge is 2.49. The van der Waals surface area contributed by atoms with E-state index in [1.165, 1.54) is 64.0 Å². The number of phenolic OH excluding ortho intramolecular Hbond substituents is 2. The second-order valence-corrected chi connectivity index (χ2v) is 15.4. The lowest BCUT2D eigenvalue weighted by Gasteiger charge is -2.23. The van der Waals surface area contributed by atoms with Gasteiger partial charge in [0, 0.05) is 5.92 Å². The normalized spacial score (nSPS) is 24.8. The Labute approximate surface area is 365 Å². The minimum Gasteiger partial charge on any atom is -0.508 e. The maximum Gasteiger partial charge on any atom is 0.115 e. The van der Waals surface area contributed by atoms with Gasteiger partial charge in [0.15, 0.2) is 0 Å². The van der Waals surface area contributed by atoms with Crippen molar-refractivity contribution in [3.05, 3.63) is 132 Å². The van der Waals surface area contributed by atoms with E-state index < -0.39 is 0 Å². The summed E-state index contributed by atoms with van der Waals surface area (Å²) >= 11 is 0. The molecule has 2 nitrogen and oxygen atoms in total. The Morgan fingerprint density at radius 2 is 0.576 bits per heavy atom. The van der Waals surface area contributed by atoms with Gasteiger partial charge in [0.1, 0.15) is 11.5 Å². The third-order valence-corrected chi connectivity index (χ3v) is 12.9. The van der Waals surface area contributed by atoms with Crippen molar-refractivity contribution in [3.8, 4) is 11.5 Å². The first-order chi connectivity index (χ1) is 29.1. The number of benzene rings is 4. The number of rotatable bonds is 3. The van der Waals surface area contributed by atoms with Gasteiger partial charge in [-0.05, 0) is 153 Å². The number of hydrogen-bond donors (Lipinski definition) is 2. The molecular formula is C57H90O2. The van der Waals surface area contributed by atoms with Crippen LogP contribution in [0.4, 0.5) is 0 Å². The monoisotopic (exact) mass is 807 g/mol. The Balaban J connectivity index is 0.000000382. The molecule has 0 saturated heterocycles. The molecule has 59 heavy (non-hydrogen) atoms. The second-order valence-electron chi connectivity index (χ2n) is 15.4. The fourth-order valence-corrected chi connectivity index (χ4v) is 11.0. The van der Waals surface area contributed by atoms with Crippen molar-refractivity contribution >= 4 is 0 Å². The van der Waals surface area contributed by atoms with Gasteiger partial charge in [0.05, 0.1) is 0 Å². The highest BCUT2D eigenvalue weighted by atomic mass is 16.3. The van der Waals surface area contributed by atoms with E-state index in [4.69, 9.17) is 5.11 Å². The number of aromatic hydroxyl groups is 2. The smallest absolute Gasteiger partial charge is 0.115 e. The zero-order valence-corrected chi connectivity index (χ0v) is 40.0. The average Bonchev–Trinajstić information content (AvgIpc) is 4.20. The Bertz CT molecular complexity index is 1390. The zero-order valence-electron chi connectivity index (χ0n) is 40.0. The summed E-state index contributed by atoms with van der Waals surface area (Å²) in [5, 5.41) is 18.1. The minimum atomic E-state index is 0.193. The number of fused-ring (bicyclic) bond motifs is 10. The molecule has 0 radical (unpaired) electrons. The summed E-state index contributed by atoms with van der Waals surface area (Å²) in [6.07, 6.45) is 19.1. The molecule has 4 aromatic carbocycles. The van der Waals surface area contributed by atoms with E-state index in [0.717, 1.165) is 0 Å². The molecule has 2 heteroatoms. The standard InChI is InChI=1S/C19H16O.2C10H16.C6H6O.6C2H6/c20-18-13-11-17(12-14-18)19(15-7-3-1-4-8-15)16-9-5-2-6-10-16;2*1-2-9-7-4-5-8(6-7)10(9)3-1;7-6-4-2-1-3-5-6;6*1-2/h1-14,19-20H;2*7-10H,1-6H2;1-5,7H;6*1-2H3. The van der Waals surface area contributed by atoms with Crippen LogP contribution >= 0.6 is 0 Å². The average molecular weight is 807 g/mol. The quantitative estimate of drug-likeness (QED) is 0.203. The predicted molar refractivity (Wildman–Crippen MR) is 261 cm³/mol. The summed E-state index contributed by atoms with van der Waals surface area (Å²) in [6.45, 7) is 24.0. The topological polar surface area (TPSA) is 40.5 Å². The van der Waals surface area contributed by atoms with Crippen molar-refractivity contribution in [2.24, 2.45) is 47.3 Å². The Morgan fingerprint density at radius 3 is 0.847 bits per heavy atom. The minimum absolute atomic E-state index is 0.193. The summed E-state index contributed by atoms with van der Waals surface area (Å²) in [5.74, 6) is 10.4. The maximum absolute atomic E-state index is 9.48. The van der Waals surface area contributed by atoms with Crippen LogP contribution in [0.15, 0.2) is 115 Å². The van der Waals surface area contributed by atoms with Gasteiger partial charge in [0.2, 0.25) is 0 Å². The molecule has 0 spiro atoms. The second kappa shape index (κ2) is 32.3. The highest BCUT2D eigenvalue weighted by Crippen LogP contribution is 2.59. The first-order valence-electron chi connectivity index (χ1n) is 24.8. The number of hydrogen-bond acceptors (Lipinski definition) is 2. The lowest BCUT2D eigenvalue weighted by molar-refractivity contribution is 0.259. The highest BCUT2D eigenvalue weighted by molar-refractivity contribution is 5.44. The van der Waals surface area contributed by atoms with E-state index in [1.54, 1.807) is 113 Å². The molecule has 0 aliphatic heterocycles. The van der Waals surface area contributed by atoms with Gasteiger partial charge in [-0.25, -0.2) is 0 Å². The molecule has 4 bridgehead atoms. The van der Waals surface area contributed by atoms with Crippen molar-refractivity contribution in [2.45, 2.75) is 166 Å². The molecule has 6 fully saturated rings. The van der Waals surface area contributed by atoms with Crippen LogP contribution < -0.4 is 0 Å². The van der Waals surface area contributed by atoms with Gasteiger partial charge >= 0.3 is 0 Å². The maximum atomic E-state index is 9.48. The van der Waals surface area contributed by atoms with E-state index in [0.29, 0.717) is 11.5 Å². The van der Waals surface area contributed by atoms with Crippen LogP contribution in [-0.2, 0) is 0 Å². The SMILES string of the molecule is C1CC2C3CCC(C3)C2C1.C1CC2C3CCC(C3)C2C1.CC.CC.CC.CC.CC.CC.Oc1ccc(C(c2ccccc2)c2ccccc2)cc1.Oc1ccccc1. The first kappa shape index (κ1) is 53.5. The van der Waals surface area contributed by atoms with E-state index in [-0.39, 0.29) is 5.92 Å². The van der Waals surface area contributed by atoms with E-state index in [1.807, 2.05) is 113 Å². The summed E-state index contributed by atoms with van der Waals surface area (Å²) in [5.41, 5.74) is 3.69. The van der Waals surface area contributed by atoms with Crippen molar-refractivity contribution in [1.29, 1.82) is 0 Å². The molecule has 6 aliphatic rings. The first-order valence-corrected chi connectivity index (χ1v) is 24.8. The van der Waals surface area contributed by atoms with Gasteiger partial charge in [-0.15, -0.1) is 0 Å². The third kappa shape index (κ3) is 16.1. The molecule has 8 atom stereocenters. The molecule has 10 rings (SSSR count). The largest absolute Gasteiger partial charge is 0.508 e. The van der Waals surface area contributed by atoms with Crippen LogP contribution in [0, 0.1) is 47.3 Å². The van der Waals surface area contributed by atoms with Crippen molar-refractivity contribution < 1.29 is 10.2 Å². The van der Waals surface area contributed by atoms with Gasteiger partial charge in [-0.1, -0.05) is 187 Å². The fourth-order valence-electron chi connectivity index (χ4n) is 11.0. The van der Waals surface area contributed by atoms with Crippen LogP contribution in [-0.4, -0.2) is 10.2 Å². The molecular weight excluding hydrogens is 717 g/mol. The van der Waals surface area contributed by atoms with Crippen LogP contribution in [0.25, 0.3) is 0 Å². The van der Waals surface area contributed by atoms with Gasteiger partial charge in [-0.3, -0.25) is 0 Å². The molecule has 0 heterocycles. The van der Waals surface area contributed by atoms with Gasteiger partial charge < -0.3 is 10.2 Å². The molecule has 6 aliphatic carbocycles. The van der Waals surface area contributed by atoms with Crippen LogP contribution in [0.1, 0.15) is 183 Å². The van der Waals surface area contributed by atoms with Crippen LogP contribution in [0.2, 0.25) is 0 Å². The fraction of sp³-hybridized carbons (Fsp3) is 0.579. The predicted octanol–water partition coefficient (Wildman–Crippen LogP) is 17.8. The molecule has 6 saturated carbocycles. The zero-order chi connectivity index (χ0) is 44.0. The third-order valence-electron chi connectivity index (χ3n) is 12.9.